The van der Waals surface area contributed by atoms with Gasteiger partial charge in [0.25, 0.3) is 11.8 Å². The molecule has 0 saturated heterocycles. The number of carbonyl (C=O) groups excluding carboxylic acids is 2. The Balaban J connectivity index is 0.000000220. The molecule has 0 radical (unpaired) electrons. The second-order valence-electron chi connectivity index (χ2n) is 9.94. The highest BCUT2D eigenvalue weighted by molar-refractivity contribution is 6.21. The minimum atomic E-state index is -0.196. The number of pyridine rings is 2. The molecular formula is C32H33N7O4. The number of aryl methyl sites for hydroxylation is 2. The number of nitrogens with one attached hydrogen (secondary N) is 1. The average molecular weight is 580 g/mol. The molecule has 0 fully saturated rings. The number of carbonyl (C=O) groups is 2. The lowest BCUT2D eigenvalue weighted by Gasteiger charge is -2.14. The number of nitrogens with zero attached hydrogens (tertiary/aromatic N) is 6. The third kappa shape index (κ3) is 6.30. The zero-order valence-electron chi connectivity index (χ0n) is 24.6. The highest BCUT2D eigenvalue weighted by atomic mass is 16.5. The predicted octanol–water partition coefficient (Wildman–Crippen LogP) is 5.13. The third-order valence-corrected chi connectivity index (χ3v) is 7.28. The first-order valence-electron chi connectivity index (χ1n) is 13.9. The van der Waals surface area contributed by atoms with Crippen LogP contribution in [-0.4, -0.2) is 67.0 Å². The maximum Gasteiger partial charge on any atom is 0.261 e. The summed E-state index contributed by atoms with van der Waals surface area (Å²) >= 11 is 0. The Morgan fingerprint density at radius 2 is 1.30 bits per heavy atom. The molecule has 0 saturated carbocycles. The highest BCUT2D eigenvalue weighted by Crippen LogP contribution is 2.25. The maximum atomic E-state index is 12.4. The Kier molecular flexibility index (Phi) is 8.90. The minimum Gasteiger partial charge on any atom is -0.481 e. The summed E-state index contributed by atoms with van der Waals surface area (Å²) in [6.07, 6.45) is 8.57. The van der Waals surface area contributed by atoms with Crippen LogP contribution in [0.5, 0.6) is 11.8 Å². The summed E-state index contributed by atoms with van der Waals surface area (Å²) in [5.41, 5.74) is 6.84. The van der Waals surface area contributed by atoms with E-state index in [1.807, 2.05) is 44.4 Å². The molecule has 11 nitrogen and oxygen atoms in total. The quantitative estimate of drug-likeness (QED) is 0.188. The molecule has 5 aromatic rings. The van der Waals surface area contributed by atoms with Gasteiger partial charge < -0.3 is 19.0 Å². The van der Waals surface area contributed by atoms with Gasteiger partial charge in [-0.15, -0.1) is 0 Å². The number of methoxy groups -OCH3 is 2. The van der Waals surface area contributed by atoms with Crippen molar-refractivity contribution in [2.75, 3.05) is 20.8 Å². The molecule has 11 heteroatoms. The van der Waals surface area contributed by atoms with E-state index in [1.54, 1.807) is 57.2 Å². The summed E-state index contributed by atoms with van der Waals surface area (Å²) in [6, 6.07) is 14.5. The number of hydrogen-bond donors (Lipinski definition) is 1. The largest absolute Gasteiger partial charge is 0.481 e. The van der Waals surface area contributed by atoms with Crippen LogP contribution in [0.25, 0.3) is 22.5 Å². The molecule has 0 aliphatic carbocycles. The zero-order chi connectivity index (χ0) is 30.3. The molecule has 2 amide bonds. The van der Waals surface area contributed by atoms with Gasteiger partial charge in [0, 0.05) is 60.1 Å². The van der Waals surface area contributed by atoms with Gasteiger partial charge in [0.2, 0.25) is 11.8 Å². The number of unbranched alkanes of at least 4 members (excludes halogenated alkanes) is 1. The molecule has 0 atom stereocenters. The van der Waals surface area contributed by atoms with Crippen molar-refractivity contribution in [3.8, 4) is 34.3 Å². The van der Waals surface area contributed by atoms with E-state index in [0.29, 0.717) is 29.4 Å². The normalized spacial score (nSPS) is 12.1. The number of fused-ring (bicyclic) bond motifs is 1. The van der Waals surface area contributed by atoms with Crippen LogP contribution in [0.2, 0.25) is 0 Å². The van der Waals surface area contributed by atoms with E-state index in [2.05, 4.69) is 29.5 Å². The lowest BCUT2D eigenvalue weighted by atomic mass is 10.1. The first-order chi connectivity index (χ1) is 20.9. The Morgan fingerprint density at radius 3 is 1.81 bits per heavy atom. The minimum absolute atomic E-state index is 0.196. The van der Waals surface area contributed by atoms with Crippen molar-refractivity contribution in [1.29, 1.82) is 0 Å². The fourth-order valence-electron chi connectivity index (χ4n) is 4.88. The number of benzene rings is 1. The van der Waals surface area contributed by atoms with E-state index >= 15 is 0 Å². The number of rotatable bonds is 9. The van der Waals surface area contributed by atoms with Gasteiger partial charge in [-0.1, -0.05) is 12.1 Å². The number of amides is 2. The number of hydrogen-bond acceptors (Lipinski definition) is 8. The number of aromatic amines is 1. The molecule has 0 spiro atoms. The van der Waals surface area contributed by atoms with Crippen LogP contribution in [0.1, 0.15) is 44.9 Å². The number of imidazole rings is 2. The number of aromatic nitrogens is 6. The molecule has 43 heavy (non-hydrogen) atoms. The Labute approximate surface area is 249 Å². The monoisotopic (exact) mass is 579 g/mol. The highest BCUT2D eigenvalue weighted by Gasteiger charge is 2.34. The molecule has 1 aliphatic heterocycles. The van der Waals surface area contributed by atoms with E-state index < -0.39 is 0 Å². The number of imide groups is 1. The van der Waals surface area contributed by atoms with Gasteiger partial charge in [-0.05, 0) is 51.0 Å². The number of ether oxygens (including phenoxy) is 2. The summed E-state index contributed by atoms with van der Waals surface area (Å²) in [6.45, 7) is 5.20. The molecule has 0 bridgehead atoms. The van der Waals surface area contributed by atoms with Crippen molar-refractivity contribution in [3.63, 3.8) is 0 Å². The van der Waals surface area contributed by atoms with Gasteiger partial charge in [-0.25, -0.2) is 19.9 Å². The Bertz CT molecular complexity index is 1670. The second-order valence-corrected chi connectivity index (χ2v) is 9.94. The van der Waals surface area contributed by atoms with Crippen LogP contribution in [0.15, 0.2) is 73.6 Å². The fourth-order valence-corrected chi connectivity index (χ4v) is 4.88. The lowest BCUT2D eigenvalue weighted by molar-refractivity contribution is 0.0651. The number of H-pyrrole nitrogens is 1. The summed E-state index contributed by atoms with van der Waals surface area (Å²) in [5.74, 6) is 0.790. The SMILES string of the molecule is COc1ccc(-c2nc[nH]c2C)cn1.COc1ccc(-c2ncn(CCCCN3C(=O)c4ccccc4C3=O)c2C)cn1. The summed E-state index contributed by atoms with van der Waals surface area (Å²) < 4.78 is 12.2. The van der Waals surface area contributed by atoms with Gasteiger partial charge in [0.05, 0.1) is 49.4 Å². The van der Waals surface area contributed by atoms with Crippen LogP contribution in [0, 0.1) is 13.8 Å². The van der Waals surface area contributed by atoms with Gasteiger partial charge in [0.1, 0.15) is 0 Å². The van der Waals surface area contributed by atoms with Crippen molar-refractivity contribution in [3.05, 3.63) is 96.1 Å². The molecule has 5 heterocycles. The predicted molar refractivity (Wildman–Crippen MR) is 161 cm³/mol. The Morgan fingerprint density at radius 1 is 0.721 bits per heavy atom. The Hall–Kier alpha value is -5.32. The molecule has 1 N–H and O–H groups in total. The van der Waals surface area contributed by atoms with Crippen LogP contribution in [-0.2, 0) is 6.54 Å². The standard InChI is InChI=1S/C22H22N4O3.C10H11N3O/c1-15-20(16-9-10-19(29-2)23-13-16)24-14-25(15)11-5-6-12-26-21(27)17-7-3-4-8-18(17)22(26)28;1-7-10(13-6-12-7)8-3-4-9(14-2)11-5-8/h3-4,7-10,13-14H,5-6,11-12H2,1-2H3;3-6H,1-2H3,(H,12,13). The molecule has 1 aromatic carbocycles. The first kappa shape index (κ1) is 29.2. The molecule has 4 aromatic heterocycles. The van der Waals surface area contributed by atoms with E-state index in [4.69, 9.17) is 9.47 Å². The second kappa shape index (κ2) is 13.1. The zero-order valence-corrected chi connectivity index (χ0v) is 24.6. The molecule has 0 unspecified atom stereocenters. The molecule has 6 rings (SSSR count). The first-order valence-corrected chi connectivity index (χ1v) is 13.9. The maximum absolute atomic E-state index is 12.4. The molecule has 220 valence electrons. The van der Waals surface area contributed by atoms with E-state index in [0.717, 1.165) is 53.3 Å². The van der Waals surface area contributed by atoms with Crippen molar-refractivity contribution in [2.24, 2.45) is 0 Å². The topological polar surface area (TPSA) is 128 Å². The van der Waals surface area contributed by atoms with Crippen LogP contribution < -0.4 is 9.47 Å². The van der Waals surface area contributed by atoms with Crippen molar-refractivity contribution in [1.82, 2.24) is 34.4 Å². The van der Waals surface area contributed by atoms with Crippen molar-refractivity contribution >= 4 is 11.8 Å². The molecular weight excluding hydrogens is 546 g/mol. The third-order valence-electron chi connectivity index (χ3n) is 7.28. The van der Waals surface area contributed by atoms with Crippen molar-refractivity contribution < 1.29 is 19.1 Å². The summed E-state index contributed by atoms with van der Waals surface area (Å²) in [5, 5.41) is 0. The van der Waals surface area contributed by atoms with Crippen LogP contribution in [0.3, 0.4) is 0 Å². The molecule has 1 aliphatic rings. The van der Waals surface area contributed by atoms with Crippen molar-refractivity contribution in [2.45, 2.75) is 33.2 Å². The van der Waals surface area contributed by atoms with Crippen LogP contribution in [0.4, 0.5) is 0 Å². The van der Waals surface area contributed by atoms with Crippen LogP contribution >= 0.6 is 0 Å². The van der Waals surface area contributed by atoms with Gasteiger partial charge >= 0.3 is 0 Å². The average Bonchev–Trinajstić information content (AvgIpc) is 3.71. The summed E-state index contributed by atoms with van der Waals surface area (Å²) in [4.78, 5) is 46.3. The van der Waals surface area contributed by atoms with E-state index in [1.165, 1.54) is 4.90 Å². The van der Waals surface area contributed by atoms with Gasteiger partial charge in [0.15, 0.2) is 0 Å². The fraction of sp³-hybridized carbons (Fsp3) is 0.250. The lowest BCUT2D eigenvalue weighted by Crippen LogP contribution is -2.30. The van der Waals surface area contributed by atoms with Gasteiger partial charge in [-0.2, -0.15) is 0 Å². The van der Waals surface area contributed by atoms with Gasteiger partial charge in [-0.3, -0.25) is 14.5 Å². The van der Waals surface area contributed by atoms with E-state index in [9.17, 15) is 9.59 Å². The summed E-state index contributed by atoms with van der Waals surface area (Å²) in [7, 11) is 3.19. The smallest absolute Gasteiger partial charge is 0.261 e. The van der Waals surface area contributed by atoms with E-state index in [-0.39, 0.29) is 11.8 Å².